The maximum Gasteiger partial charge on any atom is 0.231 e. The Labute approximate surface area is 181 Å². The van der Waals surface area contributed by atoms with Gasteiger partial charge in [0.05, 0.1) is 19.1 Å². The van der Waals surface area contributed by atoms with Gasteiger partial charge in [-0.2, -0.15) is 0 Å². The molecule has 1 N–H and O–H groups in total. The van der Waals surface area contributed by atoms with E-state index in [4.69, 9.17) is 4.74 Å². The molecule has 0 aliphatic carbocycles. The van der Waals surface area contributed by atoms with Gasteiger partial charge >= 0.3 is 0 Å². The highest BCUT2D eigenvalue weighted by molar-refractivity contribution is 5.83. The lowest BCUT2D eigenvalue weighted by atomic mass is 9.97. The van der Waals surface area contributed by atoms with Crippen molar-refractivity contribution in [3.05, 3.63) is 60.2 Å². The summed E-state index contributed by atoms with van der Waals surface area (Å²) in [7, 11) is 0. The number of ether oxygens (including phenoxy) is 1. The van der Waals surface area contributed by atoms with E-state index in [1.165, 1.54) is 5.69 Å². The van der Waals surface area contributed by atoms with Gasteiger partial charge < -0.3 is 19.5 Å². The van der Waals surface area contributed by atoms with Crippen molar-refractivity contribution in [1.82, 2.24) is 25.1 Å². The lowest BCUT2D eigenvalue weighted by Gasteiger charge is -2.29. The number of nitrogens with one attached hydrogen (secondary N) is 1. The smallest absolute Gasteiger partial charge is 0.231 e. The second-order valence-electron chi connectivity index (χ2n) is 7.95. The fourth-order valence-electron chi connectivity index (χ4n) is 4.30. The predicted octanol–water partition coefficient (Wildman–Crippen LogP) is 2.37. The quantitative estimate of drug-likeness (QED) is 0.685. The van der Waals surface area contributed by atoms with Crippen molar-refractivity contribution >= 4 is 11.6 Å². The molecule has 3 aromatic rings. The molecular weight excluding hydrogens is 392 g/mol. The van der Waals surface area contributed by atoms with Crippen LogP contribution in [0.25, 0.3) is 11.4 Å². The molecule has 31 heavy (non-hydrogen) atoms. The zero-order valence-corrected chi connectivity index (χ0v) is 17.4. The molecule has 1 atom stereocenters. The summed E-state index contributed by atoms with van der Waals surface area (Å²) in [5.41, 5.74) is 3.25. The monoisotopic (exact) mass is 418 g/mol. The van der Waals surface area contributed by atoms with Crippen molar-refractivity contribution < 1.29 is 9.53 Å². The third kappa shape index (κ3) is 4.16. The zero-order valence-electron chi connectivity index (χ0n) is 17.4. The average Bonchev–Trinajstić information content (AvgIpc) is 3.28. The van der Waals surface area contributed by atoms with Crippen LogP contribution >= 0.6 is 0 Å². The van der Waals surface area contributed by atoms with Crippen molar-refractivity contribution in [2.45, 2.75) is 31.8 Å². The SMILES string of the molecule is O=C(NCc1ccc(N2CCOCC2)cc1)C1CCCn2c(-c3ccncc3)nnc21. The summed E-state index contributed by atoms with van der Waals surface area (Å²) >= 11 is 0. The Balaban J connectivity index is 1.24. The molecule has 160 valence electrons. The molecule has 1 unspecified atom stereocenters. The predicted molar refractivity (Wildman–Crippen MR) is 117 cm³/mol. The first-order valence-corrected chi connectivity index (χ1v) is 10.8. The summed E-state index contributed by atoms with van der Waals surface area (Å²) in [5.74, 6) is 1.28. The van der Waals surface area contributed by atoms with Gasteiger partial charge in [0.25, 0.3) is 0 Å². The van der Waals surface area contributed by atoms with Gasteiger partial charge in [-0.05, 0) is 42.7 Å². The van der Waals surface area contributed by atoms with Crippen LogP contribution < -0.4 is 10.2 Å². The summed E-state index contributed by atoms with van der Waals surface area (Å²) in [6, 6.07) is 12.2. The molecule has 2 aliphatic rings. The normalized spacial score (nSPS) is 18.5. The molecule has 0 spiro atoms. The van der Waals surface area contributed by atoms with Gasteiger partial charge in [-0.1, -0.05) is 12.1 Å². The standard InChI is InChI=1S/C23H26N6O2/c30-23(25-16-17-3-5-19(6-4-17)28-12-14-31-15-13-28)20-2-1-11-29-21(26-27-22(20)29)18-7-9-24-10-8-18/h3-10,20H,1-2,11-16H2,(H,25,30). The van der Waals surface area contributed by atoms with Gasteiger partial charge in [0.15, 0.2) is 5.82 Å². The Morgan fingerprint density at radius 2 is 1.81 bits per heavy atom. The fraction of sp³-hybridized carbons (Fsp3) is 0.391. The van der Waals surface area contributed by atoms with Crippen molar-refractivity contribution in [2.75, 3.05) is 31.2 Å². The molecule has 4 heterocycles. The zero-order chi connectivity index (χ0) is 21.0. The van der Waals surface area contributed by atoms with Crippen LogP contribution in [-0.2, 0) is 22.6 Å². The summed E-state index contributed by atoms with van der Waals surface area (Å²) in [6.45, 7) is 4.70. The Morgan fingerprint density at radius 1 is 1.03 bits per heavy atom. The molecular formula is C23H26N6O2. The molecule has 1 amide bonds. The van der Waals surface area contributed by atoms with Crippen molar-refractivity contribution in [3.8, 4) is 11.4 Å². The van der Waals surface area contributed by atoms with Gasteiger partial charge in [0.1, 0.15) is 5.82 Å². The van der Waals surface area contributed by atoms with E-state index in [-0.39, 0.29) is 11.8 Å². The number of hydrogen-bond acceptors (Lipinski definition) is 6. The third-order valence-corrected chi connectivity index (χ3v) is 6.00. The molecule has 2 aliphatic heterocycles. The van der Waals surface area contributed by atoms with E-state index in [1.54, 1.807) is 12.4 Å². The molecule has 0 saturated carbocycles. The van der Waals surface area contributed by atoms with Crippen LogP contribution in [0.5, 0.6) is 0 Å². The van der Waals surface area contributed by atoms with Gasteiger partial charge in [0.2, 0.25) is 5.91 Å². The van der Waals surface area contributed by atoms with Crippen molar-refractivity contribution in [3.63, 3.8) is 0 Å². The van der Waals surface area contributed by atoms with Crippen LogP contribution in [-0.4, -0.2) is 52.0 Å². The molecule has 5 rings (SSSR count). The third-order valence-electron chi connectivity index (χ3n) is 6.00. The number of aromatic nitrogens is 4. The Morgan fingerprint density at radius 3 is 2.58 bits per heavy atom. The number of amides is 1. The van der Waals surface area contributed by atoms with Crippen LogP contribution in [0, 0.1) is 0 Å². The average molecular weight is 419 g/mol. The fourth-order valence-corrected chi connectivity index (χ4v) is 4.30. The number of morpholine rings is 1. The topological polar surface area (TPSA) is 85.2 Å². The summed E-state index contributed by atoms with van der Waals surface area (Å²) in [6.07, 6.45) is 5.20. The maximum atomic E-state index is 13.0. The minimum atomic E-state index is -0.274. The molecule has 2 aromatic heterocycles. The molecule has 8 heteroatoms. The highest BCUT2D eigenvalue weighted by atomic mass is 16.5. The largest absolute Gasteiger partial charge is 0.378 e. The Kier molecular flexibility index (Phi) is 5.62. The van der Waals surface area contributed by atoms with E-state index in [0.29, 0.717) is 6.54 Å². The van der Waals surface area contributed by atoms with Crippen LogP contribution in [0.4, 0.5) is 5.69 Å². The second-order valence-corrected chi connectivity index (χ2v) is 7.95. The molecule has 1 saturated heterocycles. The van der Waals surface area contributed by atoms with Crippen molar-refractivity contribution in [1.29, 1.82) is 0 Å². The number of benzene rings is 1. The molecule has 0 bridgehead atoms. The summed E-state index contributed by atoms with van der Waals surface area (Å²) in [5, 5.41) is 11.8. The molecule has 1 aromatic carbocycles. The van der Waals surface area contributed by atoms with Gasteiger partial charge in [-0.25, -0.2) is 0 Å². The van der Waals surface area contributed by atoms with Gasteiger partial charge in [0, 0.05) is 49.8 Å². The minimum Gasteiger partial charge on any atom is -0.378 e. The lowest BCUT2D eigenvalue weighted by molar-refractivity contribution is -0.123. The van der Waals surface area contributed by atoms with E-state index in [2.05, 4.69) is 54.2 Å². The van der Waals surface area contributed by atoms with Crippen LogP contribution in [0.1, 0.15) is 30.1 Å². The van der Waals surface area contributed by atoms with Crippen LogP contribution in [0.15, 0.2) is 48.8 Å². The first-order chi connectivity index (χ1) is 15.3. The number of pyridine rings is 1. The number of anilines is 1. The highest BCUT2D eigenvalue weighted by Crippen LogP contribution is 2.30. The Bertz CT molecular complexity index is 1030. The minimum absolute atomic E-state index is 0.00637. The number of rotatable bonds is 5. The van der Waals surface area contributed by atoms with E-state index in [9.17, 15) is 4.79 Å². The number of carbonyl (C=O) groups is 1. The van der Waals surface area contributed by atoms with Crippen LogP contribution in [0.3, 0.4) is 0 Å². The number of fused-ring (bicyclic) bond motifs is 1. The molecule has 1 fully saturated rings. The summed E-state index contributed by atoms with van der Waals surface area (Å²) < 4.78 is 7.49. The van der Waals surface area contributed by atoms with E-state index in [1.807, 2.05) is 12.1 Å². The molecule has 0 radical (unpaired) electrons. The van der Waals surface area contributed by atoms with E-state index >= 15 is 0 Å². The highest BCUT2D eigenvalue weighted by Gasteiger charge is 2.31. The Hall–Kier alpha value is -3.26. The number of hydrogen-bond donors (Lipinski definition) is 1. The van der Waals surface area contributed by atoms with Crippen LogP contribution in [0.2, 0.25) is 0 Å². The maximum absolute atomic E-state index is 13.0. The lowest BCUT2D eigenvalue weighted by Crippen LogP contribution is -2.36. The van der Waals surface area contributed by atoms with Crippen molar-refractivity contribution in [2.24, 2.45) is 0 Å². The van der Waals surface area contributed by atoms with Gasteiger partial charge in [-0.15, -0.1) is 10.2 Å². The number of nitrogens with zero attached hydrogens (tertiary/aromatic N) is 5. The summed E-state index contributed by atoms with van der Waals surface area (Å²) in [4.78, 5) is 19.4. The van der Waals surface area contributed by atoms with Gasteiger partial charge in [-0.3, -0.25) is 9.78 Å². The second kappa shape index (κ2) is 8.85. The molecule has 8 nitrogen and oxygen atoms in total. The van der Waals surface area contributed by atoms with E-state index < -0.39 is 0 Å². The van der Waals surface area contributed by atoms with E-state index in [0.717, 1.165) is 68.5 Å². The number of carbonyl (C=O) groups excluding carboxylic acids is 1. The first kappa shape index (κ1) is 19.7. The first-order valence-electron chi connectivity index (χ1n) is 10.8.